The number of halogens is 3. The van der Waals surface area contributed by atoms with Crippen LogP contribution in [0.15, 0.2) is 29.8 Å². The first-order valence-corrected chi connectivity index (χ1v) is 11.7. The van der Waals surface area contributed by atoms with Gasteiger partial charge in [0.15, 0.2) is 23.1 Å². The first kappa shape index (κ1) is 22.0. The zero-order valence-electron chi connectivity index (χ0n) is 18.5. The lowest BCUT2D eigenvalue weighted by molar-refractivity contribution is 0.377. The molecule has 0 saturated heterocycles. The molecule has 1 heterocycles. The zero-order chi connectivity index (χ0) is 22.0. The lowest BCUT2D eigenvalue weighted by Gasteiger charge is -2.24. The minimum absolute atomic E-state index is 0.0483. The molecule has 4 rings (SSSR count). The molecule has 0 radical (unpaired) electrons. The third-order valence-electron chi connectivity index (χ3n) is 6.70. The number of hydrogen-bond donors (Lipinski definition) is 0. The van der Waals surface area contributed by atoms with Crippen molar-refractivity contribution in [3.8, 4) is 11.5 Å². The van der Waals surface area contributed by atoms with Gasteiger partial charge < -0.3 is 4.74 Å². The average Bonchev–Trinajstić information content (AvgIpc) is 2.77. The number of aryl methyl sites for hydroxylation is 2. The van der Waals surface area contributed by atoms with E-state index in [0.717, 1.165) is 31.6 Å². The highest BCUT2D eigenvalue weighted by Gasteiger charge is 2.28. The van der Waals surface area contributed by atoms with Crippen LogP contribution in [-0.4, -0.2) is 0 Å². The summed E-state index contributed by atoms with van der Waals surface area (Å²) in [6.07, 6.45) is 11.2. The Balaban J connectivity index is 1.51. The smallest absolute Gasteiger partial charge is 0.201 e. The fourth-order valence-electron chi connectivity index (χ4n) is 4.94. The van der Waals surface area contributed by atoms with Crippen LogP contribution >= 0.6 is 0 Å². The van der Waals surface area contributed by atoms with Gasteiger partial charge in [-0.15, -0.1) is 0 Å². The summed E-state index contributed by atoms with van der Waals surface area (Å²) in [5.74, 6) is -1.67. The zero-order valence-corrected chi connectivity index (χ0v) is 18.5. The normalized spacial score (nSPS) is 17.6. The maximum atomic E-state index is 15.2. The van der Waals surface area contributed by atoms with E-state index in [0.29, 0.717) is 41.5 Å². The first-order chi connectivity index (χ1) is 15.0. The summed E-state index contributed by atoms with van der Waals surface area (Å²) in [7, 11) is 0. The molecule has 0 amide bonds. The second-order valence-electron chi connectivity index (χ2n) is 9.00. The minimum Gasteiger partial charge on any atom is -0.450 e. The molecule has 0 saturated carbocycles. The molecule has 166 valence electrons. The van der Waals surface area contributed by atoms with Crippen LogP contribution < -0.4 is 4.74 Å². The van der Waals surface area contributed by atoms with Crippen LogP contribution in [0.5, 0.6) is 11.5 Å². The molecule has 0 spiro atoms. The van der Waals surface area contributed by atoms with Gasteiger partial charge in [-0.2, -0.15) is 4.39 Å². The van der Waals surface area contributed by atoms with E-state index in [2.05, 4.69) is 13.0 Å². The SMILES string of the molecule is CCCc1cc2c(c(F)c1F)Oc1c(ccc(CCC3=CCC(CCC)CC3)c1F)C2. The molecule has 1 unspecified atom stereocenters. The van der Waals surface area contributed by atoms with E-state index < -0.39 is 17.5 Å². The predicted octanol–water partition coefficient (Wildman–Crippen LogP) is 8.21. The van der Waals surface area contributed by atoms with Gasteiger partial charge in [0.05, 0.1) is 0 Å². The fourth-order valence-corrected chi connectivity index (χ4v) is 4.94. The number of rotatable bonds is 7. The molecular formula is C27H31F3O. The van der Waals surface area contributed by atoms with Gasteiger partial charge in [0, 0.05) is 17.5 Å². The number of allylic oxidation sites excluding steroid dienone is 2. The molecule has 1 nitrogen and oxygen atoms in total. The molecule has 0 fully saturated rings. The lowest BCUT2D eigenvalue weighted by atomic mass is 9.85. The topological polar surface area (TPSA) is 9.23 Å². The Bertz CT molecular complexity index is 993. The molecule has 1 atom stereocenters. The predicted molar refractivity (Wildman–Crippen MR) is 118 cm³/mol. The van der Waals surface area contributed by atoms with Crippen molar-refractivity contribution in [1.82, 2.24) is 0 Å². The Hall–Kier alpha value is -2.23. The van der Waals surface area contributed by atoms with E-state index in [4.69, 9.17) is 4.74 Å². The van der Waals surface area contributed by atoms with Crippen LogP contribution in [-0.2, 0) is 19.3 Å². The second-order valence-corrected chi connectivity index (χ2v) is 9.00. The summed E-state index contributed by atoms with van der Waals surface area (Å²) in [5, 5.41) is 0. The number of benzene rings is 2. The van der Waals surface area contributed by atoms with Gasteiger partial charge in [-0.1, -0.05) is 56.9 Å². The molecule has 0 N–H and O–H groups in total. The second kappa shape index (κ2) is 9.50. The molecule has 31 heavy (non-hydrogen) atoms. The number of hydrogen-bond acceptors (Lipinski definition) is 1. The molecule has 2 aromatic rings. The van der Waals surface area contributed by atoms with Gasteiger partial charge in [-0.05, 0) is 61.6 Å². The van der Waals surface area contributed by atoms with E-state index >= 15 is 4.39 Å². The van der Waals surface area contributed by atoms with Crippen molar-refractivity contribution < 1.29 is 17.9 Å². The highest BCUT2D eigenvalue weighted by molar-refractivity contribution is 5.53. The van der Waals surface area contributed by atoms with Crippen molar-refractivity contribution in [2.45, 2.75) is 78.1 Å². The van der Waals surface area contributed by atoms with Crippen molar-refractivity contribution in [3.05, 3.63) is 69.6 Å². The van der Waals surface area contributed by atoms with Crippen LogP contribution in [0.1, 0.15) is 81.0 Å². The van der Waals surface area contributed by atoms with Gasteiger partial charge in [-0.25, -0.2) is 8.78 Å². The maximum Gasteiger partial charge on any atom is 0.201 e. The maximum absolute atomic E-state index is 15.2. The monoisotopic (exact) mass is 428 g/mol. The largest absolute Gasteiger partial charge is 0.450 e. The summed E-state index contributed by atoms with van der Waals surface area (Å²) in [6.45, 7) is 4.15. The molecule has 2 aromatic carbocycles. The Morgan fingerprint density at radius 2 is 1.68 bits per heavy atom. The molecule has 0 bridgehead atoms. The van der Waals surface area contributed by atoms with Crippen molar-refractivity contribution >= 4 is 0 Å². The van der Waals surface area contributed by atoms with Gasteiger partial charge >= 0.3 is 0 Å². The average molecular weight is 429 g/mol. The van der Waals surface area contributed by atoms with E-state index in [-0.39, 0.29) is 11.5 Å². The van der Waals surface area contributed by atoms with Crippen LogP contribution in [0.3, 0.4) is 0 Å². The lowest BCUT2D eigenvalue weighted by Crippen LogP contribution is -2.11. The molecule has 2 aliphatic rings. The highest BCUT2D eigenvalue weighted by atomic mass is 19.2. The summed E-state index contributed by atoms with van der Waals surface area (Å²) >= 11 is 0. The van der Waals surface area contributed by atoms with E-state index in [9.17, 15) is 8.78 Å². The van der Waals surface area contributed by atoms with E-state index in [1.165, 1.54) is 24.8 Å². The third-order valence-corrected chi connectivity index (χ3v) is 6.70. The van der Waals surface area contributed by atoms with Crippen molar-refractivity contribution in [2.24, 2.45) is 5.92 Å². The van der Waals surface area contributed by atoms with Gasteiger partial charge in [0.2, 0.25) is 5.82 Å². The van der Waals surface area contributed by atoms with Crippen molar-refractivity contribution in [3.63, 3.8) is 0 Å². The van der Waals surface area contributed by atoms with Gasteiger partial charge in [0.1, 0.15) is 0 Å². The number of ether oxygens (including phenoxy) is 1. The summed E-state index contributed by atoms with van der Waals surface area (Å²) < 4.78 is 49.9. The standard InChI is InChI=1S/C27H31F3O/c1-3-5-17-7-9-18(10-8-17)11-12-19-13-14-21-16-22-15-20(6-4-2)23(28)25(30)27(22)31-26(21)24(19)29/h9,13-15,17H,3-8,10-12,16H2,1-2H3. The molecule has 1 aliphatic heterocycles. The summed E-state index contributed by atoms with van der Waals surface area (Å²) in [6, 6.07) is 5.34. The van der Waals surface area contributed by atoms with Crippen LogP contribution in [0.2, 0.25) is 0 Å². The molecule has 1 aliphatic carbocycles. The third kappa shape index (κ3) is 4.53. The summed E-state index contributed by atoms with van der Waals surface area (Å²) in [4.78, 5) is 0. The minimum atomic E-state index is -1.01. The highest BCUT2D eigenvalue weighted by Crippen LogP contribution is 2.42. The van der Waals surface area contributed by atoms with E-state index in [1.807, 2.05) is 19.1 Å². The number of fused-ring (bicyclic) bond motifs is 2. The molecule has 4 heteroatoms. The molecule has 0 aromatic heterocycles. The van der Waals surface area contributed by atoms with Crippen molar-refractivity contribution in [2.75, 3.05) is 0 Å². The van der Waals surface area contributed by atoms with Crippen LogP contribution in [0.4, 0.5) is 13.2 Å². The Labute approximate surface area is 183 Å². The van der Waals surface area contributed by atoms with Gasteiger partial charge in [0.25, 0.3) is 0 Å². The Morgan fingerprint density at radius 1 is 0.871 bits per heavy atom. The quantitative estimate of drug-likeness (QED) is 0.345. The van der Waals surface area contributed by atoms with Crippen LogP contribution in [0, 0.1) is 23.4 Å². The van der Waals surface area contributed by atoms with E-state index in [1.54, 1.807) is 6.07 Å². The Morgan fingerprint density at radius 3 is 2.39 bits per heavy atom. The summed E-state index contributed by atoms with van der Waals surface area (Å²) in [5.41, 5.74) is 3.58. The van der Waals surface area contributed by atoms with Gasteiger partial charge in [-0.3, -0.25) is 0 Å². The first-order valence-electron chi connectivity index (χ1n) is 11.7. The van der Waals surface area contributed by atoms with Crippen molar-refractivity contribution in [1.29, 1.82) is 0 Å². The molecular weight excluding hydrogens is 397 g/mol. The van der Waals surface area contributed by atoms with Crippen LogP contribution in [0.25, 0.3) is 0 Å². The fraction of sp³-hybridized carbons (Fsp3) is 0.481. The Kier molecular flexibility index (Phi) is 6.74.